The smallest absolute Gasteiger partial charge is 0.340 e. The second-order valence-electron chi connectivity index (χ2n) is 3.52. The Balaban J connectivity index is 2.26. The molecule has 0 radical (unpaired) electrons. The number of carbonyl (C=O) groups is 1. The van der Waals surface area contributed by atoms with Crippen LogP contribution in [0.4, 0.5) is 5.69 Å². The summed E-state index contributed by atoms with van der Waals surface area (Å²) in [6.45, 7) is 0. The van der Waals surface area contributed by atoms with Gasteiger partial charge in [0, 0.05) is 10.7 Å². The summed E-state index contributed by atoms with van der Waals surface area (Å²) in [5.74, 6) is -0.481. The lowest BCUT2D eigenvalue weighted by Crippen LogP contribution is -2.06. The van der Waals surface area contributed by atoms with E-state index in [4.69, 9.17) is 5.73 Å². The number of ether oxygens (including phenoxy) is 1. The summed E-state index contributed by atoms with van der Waals surface area (Å²) in [7, 11) is 1.31. The third-order valence-corrected chi connectivity index (χ3v) is 3.58. The molecule has 0 bridgehead atoms. The number of nitrogens with zero attached hydrogens (tertiary/aromatic N) is 2. The molecule has 0 atom stereocenters. The number of carbonyl (C=O) groups excluding carboxylic acids is 1. The van der Waals surface area contributed by atoms with Gasteiger partial charge in [-0.15, -0.1) is 0 Å². The van der Waals surface area contributed by atoms with Crippen molar-refractivity contribution < 1.29 is 9.53 Å². The van der Waals surface area contributed by atoms with Crippen LogP contribution in [0.3, 0.4) is 0 Å². The fourth-order valence-electron chi connectivity index (χ4n) is 1.32. The van der Waals surface area contributed by atoms with Gasteiger partial charge in [0.25, 0.3) is 0 Å². The third kappa shape index (κ3) is 3.45. The molecule has 0 aliphatic rings. The number of hydrogen-bond acceptors (Lipinski definition) is 6. The summed E-state index contributed by atoms with van der Waals surface area (Å²) in [6.07, 6.45) is 3.13. The van der Waals surface area contributed by atoms with Crippen LogP contribution in [-0.2, 0) is 4.74 Å². The van der Waals surface area contributed by atoms with Crippen molar-refractivity contribution in [1.29, 1.82) is 0 Å². The van der Waals surface area contributed by atoms with E-state index in [1.54, 1.807) is 12.3 Å². The van der Waals surface area contributed by atoms with Gasteiger partial charge in [0.05, 0.1) is 24.6 Å². The summed E-state index contributed by atoms with van der Waals surface area (Å²) in [5.41, 5.74) is 6.28. The Morgan fingerprint density at radius 1 is 1.32 bits per heavy atom. The molecule has 2 heterocycles. The van der Waals surface area contributed by atoms with E-state index in [-0.39, 0.29) is 0 Å². The lowest BCUT2D eigenvalue weighted by molar-refractivity contribution is 0.0601. The molecule has 98 valence electrons. The monoisotopic (exact) mass is 339 g/mol. The summed E-state index contributed by atoms with van der Waals surface area (Å²) in [4.78, 5) is 19.9. The van der Waals surface area contributed by atoms with Gasteiger partial charge >= 0.3 is 5.97 Å². The average Bonchev–Trinajstić information content (AvgIpc) is 2.42. The molecule has 0 aromatic carbocycles. The predicted molar refractivity (Wildman–Crippen MR) is 76.0 cm³/mol. The average molecular weight is 340 g/mol. The molecule has 0 amide bonds. The van der Waals surface area contributed by atoms with Gasteiger partial charge < -0.3 is 10.5 Å². The van der Waals surface area contributed by atoms with Crippen molar-refractivity contribution in [3.63, 3.8) is 0 Å². The van der Waals surface area contributed by atoms with Crippen LogP contribution in [0.1, 0.15) is 10.4 Å². The molecular weight excluding hydrogens is 330 g/mol. The van der Waals surface area contributed by atoms with Crippen molar-refractivity contribution in [2.75, 3.05) is 12.8 Å². The van der Waals surface area contributed by atoms with Crippen molar-refractivity contribution in [3.05, 3.63) is 40.6 Å². The maximum Gasteiger partial charge on any atom is 0.340 e. The minimum atomic E-state index is -0.481. The molecule has 2 rings (SSSR count). The molecule has 0 saturated heterocycles. The van der Waals surface area contributed by atoms with Crippen LogP contribution in [0.25, 0.3) is 0 Å². The van der Waals surface area contributed by atoms with E-state index in [1.807, 2.05) is 12.1 Å². The highest BCUT2D eigenvalue weighted by Crippen LogP contribution is 2.27. The van der Waals surface area contributed by atoms with E-state index in [0.29, 0.717) is 16.3 Å². The van der Waals surface area contributed by atoms with E-state index >= 15 is 0 Å². The number of aromatic nitrogens is 2. The standard InChI is InChI=1S/C12H10BrN3O2S/c1-18-12(17)8-4-11(16-6-9(8)14)19-10-3-2-7(13)5-15-10/h2-6H,14H2,1H3. The van der Waals surface area contributed by atoms with Crippen molar-refractivity contribution >= 4 is 39.3 Å². The Morgan fingerprint density at radius 2 is 2.05 bits per heavy atom. The van der Waals surface area contributed by atoms with Gasteiger partial charge in [-0.05, 0) is 34.1 Å². The number of esters is 1. The first kappa shape index (κ1) is 13.8. The molecular formula is C12H10BrN3O2S. The van der Waals surface area contributed by atoms with Crippen LogP contribution >= 0.6 is 27.7 Å². The Hall–Kier alpha value is -1.60. The van der Waals surface area contributed by atoms with Gasteiger partial charge in [-0.1, -0.05) is 11.8 Å². The highest BCUT2D eigenvalue weighted by molar-refractivity contribution is 9.10. The van der Waals surface area contributed by atoms with E-state index in [0.717, 1.165) is 9.50 Å². The Labute approximate surface area is 122 Å². The van der Waals surface area contributed by atoms with Gasteiger partial charge in [-0.2, -0.15) is 0 Å². The Morgan fingerprint density at radius 3 is 2.68 bits per heavy atom. The molecule has 0 aliphatic heterocycles. The first-order valence-corrected chi connectivity index (χ1v) is 6.84. The number of nitrogen functional groups attached to an aromatic ring is 1. The number of methoxy groups -OCH3 is 1. The highest BCUT2D eigenvalue weighted by Gasteiger charge is 2.12. The molecule has 0 fully saturated rings. The third-order valence-electron chi connectivity index (χ3n) is 2.22. The largest absolute Gasteiger partial charge is 0.465 e. The van der Waals surface area contributed by atoms with E-state index in [2.05, 4.69) is 30.6 Å². The maximum absolute atomic E-state index is 11.5. The van der Waals surface area contributed by atoms with Crippen LogP contribution in [0.15, 0.2) is 45.1 Å². The number of nitrogens with two attached hydrogens (primary N) is 1. The molecule has 7 heteroatoms. The van der Waals surface area contributed by atoms with Crippen molar-refractivity contribution in [1.82, 2.24) is 9.97 Å². The van der Waals surface area contributed by atoms with Crippen LogP contribution in [0, 0.1) is 0 Å². The number of anilines is 1. The Kier molecular flexibility index (Phi) is 4.39. The van der Waals surface area contributed by atoms with E-state index in [1.165, 1.54) is 25.1 Å². The minimum absolute atomic E-state index is 0.292. The zero-order chi connectivity index (χ0) is 13.8. The molecule has 19 heavy (non-hydrogen) atoms. The lowest BCUT2D eigenvalue weighted by atomic mass is 10.2. The fourth-order valence-corrected chi connectivity index (χ4v) is 2.29. The molecule has 2 aromatic heterocycles. The van der Waals surface area contributed by atoms with Crippen molar-refractivity contribution in [2.24, 2.45) is 0 Å². The fraction of sp³-hybridized carbons (Fsp3) is 0.0833. The van der Waals surface area contributed by atoms with Gasteiger partial charge in [0.15, 0.2) is 0 Å². The second kappa shape index (κ2) is 6.03. The Bertz CT molecular complexity index is 604. The molecule has 0 saturated carbocycles. The molecule has 2 aromatic rings. The van der Waals surface area contributed by atoms with Crippen LogP contribution < -0.4 is 5.73 Å². The number of hydrogen-bond donors (Lipinski definition) is 1. The summed E-state index contributed by atoms with van der Waals surface area (Å²) in [6, 6.07) is 5.33. The second-order valence-corrected chi connectivity index (χ2v) is 5.47. The highest BCUT2D eigenvalue weighted by atomic mass is 79.9. The summed E-state index contributed by atoms with van der Waals surface area (Å²) < 4.78 is 5.56. The molecule has 0 unspecified atom stereocenters. The number of halogens is 1. The summed E-state index contributed by atoms with van der Waals surface area (Å²) >= 11 is 4.66. The van der Waals surface area contributed by atoms with Crippen molar-refractivity contribution in [3.8, 4) is 0 Å². The topological polar surface area (TPSA) is 78.1 Å². The molecule has 5 nitrogen and oxygen atoms in total. The minimum Gasteiger partial charge on any atom is -0.465 e. The van der Waals surface area contributed by atoms with Crippen LogP contribution in [0.5, 0.6) is 0 Å². The van der Waals surface area contributed by atoms with Crippen LogP contribution in [0.2, 0.25) is 0 Å². The first-order chi connectivity index (χ1) is 9.10. The van der Waals surface area contributed by atoms with Gasteiger partial charge in [0.1, 0.15) is 10.1 Å². The summed E-state index contributed by atoms with van der Waals surface area (Å²) in [5, 5.41) is 1.40. The van der Waals surface area contributed by atoms with E-state index < -0.39 is 5.97 Å². The van der Waals surface area contributed by atoms with Gasteiger partial charge in [-0.3, -0.25) is 0 Å². The first-order valence-electron chi connectivity index (χ1n) is 5.23. The van der Waals surface area contributed by atoms with Gasteiger partial charge in [-0.25, -0.2) is 14.8 Å². The van der Waals surface area contributed by atoms with E-state index in [9.17, 15) is 4.79 Å². The molecule has 0 aliphatic carbocycles. The lowest BCUT2D eigenvalue weighted by Gasteiger charge is -2.05. The van der Waals surface area contributed by atoms with Crippen molar-refractivity contribution in [2.45, 2.75) is 10.1 Å². The zero-order valence-electron chi connectivity index (χ0n) is 9.96. The van der Waals surface area contributed by atoms with Crippen LogP contribution in [-0.4, -0.2) is 23.0 Å². The molecule has 2 N–H and O–H groups in total. The quantitative estimate of drug-likeness (QED) is 0.866. The molecule has 0 spiro atoms. The van der Waals surface area contributed by atoms with Gasteiger partial charge in [0.2, 0.25) is 0 Å². The predicted octanol–water partition coefficient (Wildman–Crippen LogP) is 2.76. The maximum atomic E-state index is 11.5. The number of pyridine rings is 2. The number of rotatable bonds is 3. The SMILES string of the molecule is COC(=O)c1cc(Sc2ccc(Br)cn2)ncc1N. The normalized spacial score (nSPS) is 10.2. The zero-order valence-corrected chi connectivity index (χ0v) is 12.4.